The molecule has 2 aromatic rings. The molecule has 0 atom stereocenters. The van der Waals surface area contributed by atoms with Gasteiger partial charge in [0.1, 0.15) is 11.3 Å². The maximum Gasteiger partial charge on any atom is 0.296 e. The number of hydrogen-bond acceptors (Lipinski definition) is 4. The van der Waals surface area contributed by atoms with Gasteiger partial charge >= 0.3 is 0 Å². The maximum absolute atomic E-state index is 14.3. The van der Waals surface area contributed by atoms with Crippen molar-refractivity contribution >= 4 is 46.1 Å². The summed E-state index contributed by atoms with van der Waals surface area (Å²) in [4.78, 5) is 38.0. The Bertz CT molecular complexity index is 1320. The molecule has 0 aliphatic rings. The van der Waals surface area contributed by atoms with Crippen LogP contribution in [0.15, 0.2) is 66.3 Å². The first kappa shape index (κ1) is 29.1. The van der Waals surface area contributed by atoms with E-state index in [1.165, 1.54) is 11.4 Å². The van der Waals surface area contributed by atoms with Crippen molar-refractivity contribution in [1.82, 2.24) is 0 Å². The molecule has 194 valence electrons. The number of likely N-dealkylation sites (N-methyl/N-ethyl adjacent to an activating group) is 1. The number of primary amides is 1. The number of rotatable bonds is 10. The number of hydrogen-bond donors (Lipinski definition) is 2. The molecule has 0 saturated carbocycles. The highest BCUT2D eigenvalue weighted by molar-refractivity contribution is 6.56. The smallest absolute Gasteiger partial charge is 0.296 e. The van der Waals surface area contributed by atoms with Crippen molar-refractivity contribution in [2.75, 3.05) is 23.8 Å². The third kappa shape index (κ3) is 6.73. The van der Waals surface area contributed by atoms with E-state index >= 15 is 0 Å². The van der Waals surface area contributed by atoms with Gasteiger partial charge in [0.2, 0.25) is 0 Å². The number of para-hydroxylation sites is 1. The van der Waals surface area contributed by atoms with Crippen molar-refractivity contribution in [2.45, 2.75) is 6.92 Å². The van der Waals surface area contributed by atoms with Crippen LogP contribution in [0.25, 0.3) is 5.57 Å². The number of carbonyl (C=O) groups is 3. The lowest BCUT2D eigenvalue weighted by Crippen LogP contribution is -2.27. The van der Waals surface area contributed by atoms with Crippen LogP contribution in [0.1, 0.15) is 22.8 Å². The molecule has 0 aliphatic heterocycles. The molecule has 0 fully saturated rings. The largest absolute Gasteiger partial charge is 0.370 e. The maximum atomic E-state index is 14.3. The van der Waals surface area contributed by atoms with Gasteiger partial charge in [-0.1, -0.05) is 54.6 Å². The summed E-state index contributed by atoms with van der Waals surface area (Å²) in [5.41, 5.74) is 1.85. The van der Waals surface area contributed by atoms with Gasteiger partial charge in [0, 0.05) is 35.4 Å². The lowest BCUT2D eigenvalue weighted by Gasteiger charge is -2.21. The number of allylic oxidation sites excluding steroid dienone is 5. The molecule has 0 spiro atoms. The zero-order valence-electron chi connectivity index (χ0n) is 19.7. The summed E-state index contributed by atoms with van der Waals surface area (Å²) < 4.78 is 56.5. The minimum atomic E-state index is -2.12. The SMILES string of the molecule is C=C(C(=O)C(=O)Nc1c(F)c(F)c(C(N)=O)c(F)c1F)c1ccccc1N(C)C/C=C/C=C(Cl)\C=C/C. The topological polar surface area (TPSA) is 92.5 Å². The quantitative estimate of drug-likeness (QED) is 0.143. The van der Waals surface area contributed by atoms with Gasteiger partial charge in [-0.3, -0.25) is 14.4 Å². The predicted octanol–water partition coefficient (Wildman–Crippen LogP) is 5.25. The zero-order chi connectivity index (χ0) is 27.9. The van der Waals surface area contributed by atoms with Crippen LogP contribution in [-0.4, -0.2) is 31.2 Å². The Kier molecular flexibility index (Phi) is 9.96. The molecule has 0 heterocycles. The number of nitrogens with two attached hydrogens (primary N) is 1. The molecule has 6 nitrogen and oxygen atoms in total. The number of anilines is 2. The van der Waals surface area contributed by atoms with Crippen molar-refractivity contribution in [3.05, 3.63) is 101 Å². The van der Waals surface area contributed by atoms with Crippen LogP contribution in [0.3, 0.4) is 0 Å². The van der Waals surface area contributed by atoms with E-state index in [4.69, 9.17) is 17.3 Å². The number of halogens is 5. The number of ketones is 1. The highest BCUT2D eigenvalue weighted by atomic mass is 35.5. The summed E-state index contributed by atoms with van der Waals surface area (Å²) in [6, 6.07) is 6.39. The van der Waals surface area contributed by atoms with E-state index in [1.807, 2.05) is 6.92 Å². The van der Waals surface area contributed by atoms with E-state index in [9.17, 15) is 31.9 Å². The summed E-state index contributed by atoms with van der Waals surface area (Å²) in [6.45, 7) is 5.79. The monoisotopic (exact) mass is 535 g/mol. The normalized spacial score (nSPS) is 11.7. The minimum Gasteiger partial charge on any atom is -0.370 e. The first-order valence-corrected chi connectivity index (χ1v) is 11.0. The zero-order valence-corrected chi connectivity index (χ0v) is 20.5. The van der Waals surface area contributed by atoms with E-state index in [1.54, 1.807) is 60.5 Å². The molecular weight excluding hydrogens is 514 g/mol. The van der Waals surface area contributed by atoms with Gasteiger partial charge < -0.3 is 16.0 Å². The molecule has 0 aliphatic carbocycles. The fourth-order valence-corrected chi connectivity index (χ4v) is 3.34. The molecule has 0 unspecified atom stereocenters. The minimum absolute atomic E-state index is 0.225. The number of carbonyl (C=O) groups excluding carboxylic acids is 3. The van der Waals surface area contributed by atoms with Crippen molar-refractivity contribution in [3.63, 3.8) is 0 Å². The van der Waals surface area contributed by atoms with Crippen molar-refractivity contribution in [3.8, 4) is 0 Å². The summed E-state index contributed by atoms with van der Waals surface area (Å²) in [5.74, 6) is -13.1. The second kappa shape index (κ2) is 12.7. The van der Waals surface area contributed by atoms with Crippen molar-refractivity contribution < 1.29 is 31.9 Å². The lowest BCUT2D eigenvalue weighted by molar-refractivity contribution is -0.131. The molecule has 0 aromatic heterocycles. The second-order valence-corrected chi connectivity index (χ2v) is 7.95. The van der Waals surface area contributed by atoms with Crippen LogP contribution in [0.2, 0.25) is 0 Å². The lowest BCUT2D eigenvalue weighted by atomic mass is 10.00. The van der Waals surface area contributed by atoms with Gasteiger partial charge in [0.25, 0.3) is 17.6 Å². The first-order valence-electron chi connectivity index (χ1n) is 10.6. The van der Waals surface area contributed by atoms with Crippen LogP contribution in [-0.2, 0) is 9.59 Å². The molecule has 0 bridgehead atoms. The standard InChI is InChI=1S/C26H22ClF4N3O3/c1-4-9-15(27)10-7-8-13-34(3)17-12-6-5-11-16(17)14(2)24(35)26(37)33-23-21(30)19(28)18(25(32)36)20(29)22(23)31/h4-12H,2,13H2,1,3H3,(H2,32,36)(H,33,37)/b8-7+,9-4-,15-10+. The third-order valence-corrected chi connectivity index (χ3v) is 5.22. The Morgan fingerprint density at radius 2 is 1.68 bits per heavy atom. The molecule has 11 heteroatoms. The van der Waals surface area contributed by atoms with Gasteiger partial charge in [-0.25, -0.2) is 17.6 Å². The van der Waals surface area contributed by atoms with E-state index in [0.29, 0.717) is 17.3 Å². The van der Waals surface area contributed by atoms with Crippen LogP contribution in [0, 0.1) is 23.3 Å². The number of nitrogens with one attached hydrogen (secondary N) is 1. The fourth-order valence-electron chi connectivity index (χ4n) is 3.14. The number of Topliss-reactive ketones (excluding diaryl/α,β-unsaturated/α-hetero) is 1. The van der Waals surface area contributed by atoms with Crippen LogP contribution < -0.4 is 16.0 Å². The number of benzene rings is 2. The molecular formula is C26H22ClF4N3O3. The molecule has 2 amide bonds. The average Bonchev–Trinajstić information content (AvgIpc) is 2.86. The van der Waals surface area contributed by atoms with Crippen LogP contribution in [0.4, 0.5) is 28.9 Å². The molecule has 2 rings (SSSR count). The highest BCUT2D eigenvalue weighted by Crippen LogP contribution is 2.30. The summed E-state index contributed by atoms with van der Waals surface area (Å²) in [5, 5.41) is 2.02. The molecule has 37 heavy (non-hydrogen) atoms. The van der Waals surface area contributed by atoms with E-state index in [2.05, 4.69) is 6.58 Å². The fraction of sp³-hybridized carbons (Fsp3) is 0.115. The van der Waals surface area contributed by atoms with Crippen LogP contribution >= 0.6 is 11.6 Å². The van der Waals surface area contributed by atoms with Crippen molar-refractivity contribution in [2.24, 2.45) is 5.73 Å². The van der Waals surface area contributed by atoms with E-state index in [0.717, 1.165) is 0 Å². The molecule has 2 aromatic carbocycles. The van der Waals surface area contributed by atoms with Gasteiger partial charge in [-0.2, -0.15) is 0 Å². The third-order valence-electron chi connectivity index (χ3n) is 4.97. The molecule has 0 saturated heterocycles. The van der Waals surface area contributed by atoms with Crippen LogP contribution in [0.5, 0.6) is 0 Å². The first-order chi connectivity index (χ1) is 17.4. The summed E-state index contributed by atoms with van der Waals surface area (Å²) in [6.07, 6.45) is 8.66. The summed E-state index contributed by atoms with van der Waals surface area (Å²) >= 11 is 5.97. The number of nitrogens with zero attached hydrogens (tertiary/aromatic N) is 1. The van der Waals surface area contributed by atoms with E-state index in [-0.39, 0.29) is 11.1 Å². The van der Waals surface area contributed by atoms with Gasteiger partial charge in [0.15, 0.2) is 23.3 Å². The predicted molar refractivity (Wildman–Crippen MR) is 135 cm³/mol. The molecule has 0 radical (unpaired) electrons. The Morgan fingerprint density at radius 3 is 2.24 bits per heavy atom. The second-order valence-electron chi connectivity index (χ2n) is 7.51. The summed E-state index contributed by atoms with van der Waals surface area (Å²) in [7, 11) is 1.70. The Hall–Kier alpha value is -4.18. The molecule has 3 N–H and O–H groups in total. The highest BCUT2D eigenvalue weighted by Gasteiger charge is 2.31. The van der Waals surface area contributed by atoms with Crippen molar-refractivity contribution in [1.29, 1.82) is 0 Å². The van der Waals surface area contributed by atoms with E-state index < -0.39 is 52.1 Å². The average molecular weight is 536 g/mol. The van der Waals surface area contributed by atoms with Gasteiger partial charge in [-0.15, -0.1) is 0 Å². The Labute approximate surface area is 215 Å². The van der Waals surface area contributed by atoms with Gasteiger partial charge in [-0.05, 0) is 25.1 Å². The number of amides is 2. The Balaban J connectivity index is 2.28. The Morgan fingerprint density at radius 1 is 1.08 bits per heavy atom. The van der Waals surface area contributed by atoms with Gasteiger partial charge in [0.05, 0.1) is 0 Å².